The fourth-order valence-electron chi connectivity index (χ4n) is 4.63. The van der Waals surface area contributed by atoms with Crippen LogP contribution in [-0.4, -0.2) is 55.7 Å². The van der Waals surface area contributed by atoms with Crippen LogP contribution in [0, 0.1) is 6.92 Å². The fraction of sp³-hybridized carbons (Fsp3) is 0.360. The van der Waals surface area contributed by atoms with Gasteiger partial charge in [0.25, 0.3) is 0 Å². The van der Waals surface area contributed by atoms with Crippen LogP contribution in [0.25, 0.3) is 11.3 Å². The summed E-state index contributed by atoms with van der Waals surface area (Å²) in [5, 5.41) is 0. The Hall–Kier alpha value is -3.48. The molecule has 2 aliphatic heterocycles. The molecule has 7 nitrogen and oxygen atoms in total. The van der Waals surface area contributed by atoms with E-state index < -0.39 is 0 Å². The number of methoxy groups -OCH3 is 1. The fourth-order valence-corrected chi connectivity index (χ4v) is 4.63. The monoisotopic (exact) mass is 432 g/mol. The van der Waals surface area contributed by atoms with Gasteiger partial charge in [0.05, 0.1) is 18.9 Å². The van der Waals surface area contributed by atoms with E-state index in [4.69, 9.17) is 9.15 Å². The molecule has 5 rings (SSSR count). The number of piperazine rings is 1. The van der Waals surface area contributed by atoms with Gasteiger partial charge in [-0.2, -0.15) is 0 Å². The lowest BCUT2D eigenvalue weighted by Crippen LogP contribution is -2.53. The highest BCUT2D eigenvalue weighted by Crippen LogP contribution is 2.34. The van der Waals surface area contributed by atoms with Crippen molar-refractivity contribution in [1.82, 2.24) is 9.88 Å². The maximum Gasteiger partial charge on any atom is 0.324 e. The molecule has 166 valence electrons. The number of carbonyl (C=O) groups is 1. The molecule has 0 bridgehead atoms. The minimum Gasteiger partial charge on any atom is -0.496 e. The Balaban J connectivity index is 1.27. The second-order valence-corrected chi connectivity index (χ2v) is 8.27. The second-order valence-electron chi connectivity index (χ2n) is 8.27. The summed E-state index contributed by atoms with van der Waals surface area (Å²) in [6, 6.07) is 14.5. The van der Waals surface area contributed by atoms with Gasteiger partial charge in [-0.15, -0.1) is 0 Å². The minimum atomic E-state index is 0.116. The molecule has 0 saturated carbocycles. The third-order valence-corrected chi connectivity index (χ3v) is 6.33. The van der Waals surface area contributed by atoms with Gasteiger partial charge in [0, 0.05) is 57.1 Å². The van der Waals surface area contributed by atoms with Crippen molar-refractivity contribution in [1.29, 1.82) is 0 Å². The number of ether oxygens (including phenoxy) is 1. The number of carbonyl (C=O) groups excluding carboxylic acids is 1. The van der Waals surface area contributed by atoms with Gasteiger partial charge in [0.2, 0.25) is 0 Å². The van der Waals surface area contributed by atoms with Crippen molar-refractivity contribution < 1.29 is 13.9 Å². The number of fused-ring (bicyclic) bond motifs is 1. The molecule has 1 saturated heterocycles. The molecule has 0 N–H and O–H groups in total. The highest BCUT2D eigenvalue weighted by Gasteiger charge is 2.29. The van der Waals surface area contributed by atoms with Gasteiger partial charge in [-0.3, -0.25) is 4.90 Å². The van der Waals surface area contributed by atoms with Crippen LogP contribution in [-0.2, 0) is 6.42 Å². The van der Waals surface area contributed by atoms with E-state index in [-0.39, 0.29) is 6.03 Å². The lowest BCUT2D eigenvalue weighted by molar-refractivity contribution is 0.200. The average Bonchev–Trinajstić information content (AvgIpc) is 3.29. The lowest BCUT2D eigenvalue weighted by Gasteiger charge is -2.40. The Morgan fingerprint density at radius 1 is 1.06 bits per heavy atom. The van der Waals surface area contributed by atoms with Gasteiger partial charge in [-0.1, -0.05) is 18.2 Å². The van der Waals surface area contributed by atoms with Crippen molar-refractivity contribution in [3.8, 4) is 17.1 Å². The third-order valence-electron chi connectivity index (χ3n) is 6.33. The number of aryl methyl sites for hydroxylation is 2. The first-order valence-electron chi connectivity index (χ1n) is 11.1. The van der Waals surface area contributed by atoms with Crippen molar-refractivity contribution in [3.63, 3.8) is 0 Å². The molecule has 3 heterocycles. The molecule has 1 fully saturated rings. The normalized spacial score (nSPS) is 16.1. The number of benzene rings is 2. The molecule has 0 aliphatic carbocycles. The zero-order chi connectivity index (χ0) is 22.1. The van der Waals surface area contributed by atoms with E-state index in [9.17, 15) is 4.79 Å². The van der Waals surface area contributed by atoms with Crippen molar-refractivity contribution in [2.75, 3.05) is 49.6 Å². The topological polar surface area (TPSA) is 62.1 Å². The largest absolute Gasteiger partial charge is 0.496 e. The number of aromatic nitrogens is 1. The number of rotatable bonds is 3. The molecule has 0 spiro atoms. The Labute approximate surface area is 188 Å². The first-order chi connectivity index (χ1) is 15.6. The summed E-state index contributed by atoms with van der Waals surface area (Å²) in [4.78, 5) is 23.7. The average molecular weight is 433 g/mol. The van der Waals surface area contributed by atoms with E-state index in [1.807, 2.05) is 34.9 Å². The summed E-state index contributed by atoms with van der Waals surface area (Å²) >= 11 is 0. The number of anilines is 2. The minimum absolute atomic E-state index is 0.116. The van der Waals surface area contributed by atoms with E-state index in [0.717, 1.165) is 55.2 Å². The maximum atomic E-state index is 13.3. The first-order valence-corrected chi connectivity index (χ1v) is 11.1. The van der Waals surface area contributed by atoms with E-state index in [0.29, 0.717) is 24.7 Å². The van der Waals surface area contributed by atoms with Gasteiger partial charge in [0.1, 0.15) is 5.75 Å². The highest BCUT2D eigenvalue weighted by atomic mass is 16.5. The van der Waals surface area contributed by atoms with E-state index in [1.165, 1.54) is 5.56 Å². The molecular formula is C25H28N4O3. The summed E-state index contributed by atoms with van der Waals surface area (Å²) < 4.78 is 11.3. The second kappa shape index (κ2) is 8.57. The molecule has 2 aliphatic rings. The lowest BCUT2D eigenvalue weighted by atomic mass is 10.0. The van der Waals surface area contributed by atoms with Gasteiger partial charge in [0.15, 0.2) is 11.7 Å². The van der Waals surface area contributed by atoms with Crippen LogP contribution < -0.4 is 14.5 Å². The smallest absolute Gasteiger partial charge is 0.324 e. The molecule has 0 atom stereocenters. The summed E-state index contributed by atoms with van der Waals surface area (Å²) in [7, 11) is 1.67. The number of nitrogens with zero attached hydrogens (tertiary/aromatic N) is 4. The number of hydrogen-bond donors (Lipinski definition) is 0. The molecule has 1 aromatic heterocycles. The number of oxazole rings is 1. The Bertz CT molecular complexity index is 1120. The van der Waals surface area contributed by atoms with Crippen molar-refractivity contribution in [3.05, 3.63) is 60.1 Å². The number of para-hydroxylation sites is 1. The molecule has 32 heavy (non-hydrogen) atoms. The molecule has 3 aromatic rings. The summed E-state index contributed by atoms with van der Waals surface area (Å²) in [6.07, 6.45) is 3.77. The van der Waals surface area contributed by atoms with E-state index >= 15 is 0 Å². The summed E-state index contributed by atoms with van der Waals surface area (Å²) in [5.74, 6) is 2.08. The zero-order valence-electron chi connectivity index (χ0n) is 18.6. The predicted molar refractivity (Wildman–Crippen MR) is 125 cm³/mol. The van der Waals surface area contributed by atoms with Crippen LogP contribution in [0.3, 0.4) is 0 Å². The van der Waals surface area contributed by atoms with Crippen LogP contribution in [0.4, 0.5) is 16.2 Å². The number of hydrogen-bond acceptors (Lipinski definition) is 5. The maximum absolute atomic E-state index is 13.3. The quantitative estimate of drug-likeness (QED) is 0.616. The molecule has 2 aromatic carbocycles. The number of amides is 2. The van der Waals surface area contributed by atoms with Crippen molar-refractivity contribution >= 4 is 17.4 Å². The van der Waals surface area contributed by atoms with Crippen LogP contribution >= 0.6 is 0 Å². The third kappa shape index (κ3) is 3.79. The molecular weight excluding hydrogens is 404 g/mol. The van der Waals surface area contributed by atoms with Crippen molar-refractivity contribution in [2.45, 2.75) is 19.8 Å². The van der Waals surface area contributed by atoms with Crippen LogP contribution in [0.1, 0.15) is 17.9 Å². The van der Waals surface area contributed by atoms with Crippen LogP contribution in [0.5, 0.6) is 5.75 Å². The van der Waals surface area contributed by atoms with Gasteiger partial charge >= 0.3 is 6.03 Å². The van der Waals surface area contributed by atoms with Gasteiger partial charge in [-0.05, 0) is 36.6 Å². The van der Waals surface area contributed by atoms with Gasteiger partial charge < -0.3 is 19.0 Å². The molecule has 0 unspecified atom stereocenters. The molecule has 0 radical (unpaired) electrons. The Kier molecular flexibility index (Phi) is 5.47. The Morgan fingerprint density at radius 2 is 1.88 bits per heavy atom. The van der Waals surface area contributed by atoms with Crippen LogP contribution in [0.15, 0.2) is 53.1 Å². The van der Waals surface area contributed by atoms with Crippen molar-refractivity contribution in [2.24, 2.45) is 0 Å². The summed E-state index contributed by atoms with van der Waals surface area (Å²) in [5.41, 5.74) is 4.29. The van der Waals surface area contributed by atoms with E-state index in [1.54, 1.807) is 13.3 Å². The SMILES string of the molecule is COc1cc(N2CCN(C(=O)N3CCCc4ccccc43)CC2)ccc1-c1cnc(C)o1. The zero-order valence-corrected chi connectivity index (χ0v) is 18.6. The van der Waals surface area contributed by atoms with Crippen LogP contribution in [0.2, 0.25) is 0 Å². The first kappa shape index (κ1) is 20.4. The Morgan fingerprint density at radius 3 is 2.62 bits per heavy atom. The van der Waals surface area contributed by atoms with Gasteiger partial charge in [-0.25, -0.2) is 9.78 Å². The molecule has 2 amide bonds. The number of urea groups is 1. The standard InChI is InChI=1S/C25H28N4O3/c1-18-26-17-24(32-18)21-10-9-20(16-23(21)31-2)27-12-14-28(15-13-27)25(30)29-11-5-7-19-6-3-4-8-22(19)29/h3-4,6,8-10,16-17H,5,7,11-15H2,1-2H3. The molecule has 7 heteroatoms. The predicted octanol–water partition coefficient (Wildman–Crippen LogP) is 4.35. The van der Waals surface area contributed by atoms with E-state index in [2.05, 4.69) is 34.1 Å². The highest BCUT2D eigenvalue weighted by molar-refractivity contribution is 5.93. The summed E-state index contributed by atoms with van der Waals surface area (Å²) in [6.45, 7) is 5.57.